The van der Waals surface area contributed by atoms with Crippen LogP contribution in [0.3, 0.4) is 0 Å². The number of aromatic nitrogens is 1. The predicted octanol–water partition coefficient (Wildman–Crippen LogP) is 1.60. The first-order chi connectivity index (χ1) is 8.61. The molecule has 0 aromatic carbocycles. The molecule has 1 aromatic rings. The van der Waals surface area contributed by atoms with E-state index in [2.05, 4.69) is 22.1 Å². The molecule has 0 aliphatic rings. The zero-order valence-corrected chi connectivity index (χ0v) is 10.6. The molecule has 0 unspecified atom stereocenters. The van der Waals surface area contributed by atoms with Gasteiger partial charge < -0.3 is 10.5 Å². The van der Waals surface area contributed by atoms with Gasteiger partial charge in [0.25, 0.3) is 0 Å². The highest BCUT2D eigenvalue weighted by molar-refractivity contribution is 5.83. The zero-order valence-electron chi connectivity index (χ0n) is 10.6. The molecular formula is C13H17N3O2. The van der Waals surface area contributed by atoms with Crippen LogP contribution in [0.1, 0.15) is 19.5 Å². The van der Waals surface area contributed by atoms with E-state index in [4.69, 9.17) is 10.5 Å². The van der Waals surface area contributed by atoms with Gasteiger partial charge in [-0.3, -0.25) is 5.32 Å². The second kappa shape index (κ2) is 7.30. The fraction of sp³-hybridized carbons (Fsp3) is 0.385. The van der Waals surface area contributed by atoms with Gasteiger partial charge in [-0.1, -0.05) is 25.8 Å². The maximum atomic E-state index is 11.4. The van der Waals surface area contributed by atoms with E-state index in [-0.39, 0.29) is 6.54 Å². The van der Waals surface area contributed by atoms with Crippen LogP contribution in [0.5, 0.6) is 0 Å². The van der Waals surface area contributed by atoms with E-state index in [0.717, 1.165) is 0 Å². The van der Waals surface area contributed by atoms with E-state index in [9.17, 15) is 4.79 Å². The van der Waals surface area contributed by atoms with Gasteiger partial charge in [-0.15, -0.1) is 0 Å². The van der Waals surface area contributed by atoms with Gasteiger partial charge in [0.15, 0.2) is 0 Å². The molecule has 0 spiro atoms. The lowest BCUT2D eigenvalue weighted by atomic mass is 10.2. The standard InChI is InChI=1S/C13H17N3O2/c1-10(2)9-18-13(17)16-12-7-3-5-11(15-12)6-4-8-14/h3,5,7,10H,8-9,14H2,1-2H3,(H,15,16,17). The molecule has 96 valence electrons. The number of carbonyl (C=O) groups is 1. The molecule has 1 heterocycles. The first-order valence-electron chi connectivity index (χ1n) is 5.71. The maximum Gasteiger partial charge on any atom is 0.412 e. The summed E-state index contributed by atoms with van der Waals surface area (Å²) in [5.41, 5.74) is 5.83. The Balaban J connectivity index is 2.59. The van der Waals surface area contributed by atoms with Crippen LogP contribution in [0.4, 0.5) is 10.6 Å². The average molecular weight is 247 g/mol. The third kappa shape index (κ3) is 5.32. The molecule has 0 aliphatic carbocycles. The molecule has 0 saturated heterocycles. The Bertz CT molecular complexity index is 461. The average Bonchev–Trinajstić information content (AvgIpc) is 2.34. The number of nitrogens with two attached hydrogens (primary N) is 1. The van der Waals surface area contributed by atoms with Crippen molar-refractivity contribution in [3.05, 3.63) is 23.9 Å². The molecule has 0 radical (unpaired) electrons. The van der Waals surface area contributed by atoms with Crippen molar-refractivity contribution in [1.29, 1.82) is 0 Å². The van der Waals surface area contributed by atoms with Crippen molar-refractivity contribution in [3.63, 3.8) is 0 Å². The van der Waals surface area contributed by atoms with E-state index < -0.39 is 6.09 Å². The highest BCUT2D eigenvalue weighted by Crippen LogP contribution is 2.05. The van der Waals surface area contributed by atoms with E-state index in [0.29, 0.717) is 24.0 Å². The van der Waals surface area contributed by atoms with Gasteiger partial charge in [0.05, 0.1) is 13.2 Å². The van der Waals surface area contributed by atoms with Crippen molar-refractivity contribution < 1.29 is 9.53 Å². The molecule has 0 fully saturated rings. The van der Waals surface area contributed by atoms with Crippen LogP contribution in [0.15, 0.2) is 18.2 Å². The zero-order chi connectivity index (χ0) is 13.4. The number of carbonyl (C=O) groups excluding carboxylic acids is 1. The number of amides is 1. The summed E-state index contributed by atoms with van der Waals surface area (Å²) in [5.74, 6) is 6.19. The van der Waals surface area contributed by atoms with Crippen molar-refractivity contribution in [3.8, 4) is 11.8 Å². The summed E-state index contributed by atoms with van der Waals surface area (Å²) < 4.78 is 4.98. The van der Waals surface area contributed by atoms with Gasteiger partial charge in [-0.05, 0) is 24.0 Å². The van der Waals surface area contributed by atoms with Crippen LogP contribution < -0.4 is 11.1 Å². The van der Waals surface area contributed by atoms with Crippen molar-refractivity contribution in [2.45, 2.75) is 13.8 Å². The second-order valence-electron chi connectivity index (χ2n) is 4.03. The molecule has 5 nitrogen and oxygen atoms in total. The summed E-state index contributed by atoms with van der Waals surface area (Å²) in [5, 5.41) is 2.54. The lowest BCUT2D eigenvalue weighted by Crippen LogP contribution is -2.17. The molecule has 18 heavy (non-hydrogen) atoms. The lowest BCUT2D eigenvalue weighted by Gasteiger charge is -2.08. The molecule has 0 aliphatic heterocycles. The summed E-state index contributed by atoms with van der Waals surface area (Å²) in [4.78, 5) is 15.5. The molecule has 0 bridgehead atoms. The molecule has 1 aromatic heterocycles. The first-order valence-corrected chi connectivity index (χ1v) is 5.71. The summed E-state index contributed by atoms with van der Waals surface area (Å²) in [7, 11) is 0. The van der Waals surface area contributed by atoms with Gasteiger partial charge in [0, 0.05) is 0 Å². The Morgan fingerprint density at radius 1 is 1.56 bits per heavy atom. The lowest BCUT2D eigenvalue weighted by molar-refractivity contribution is 0.147. The quantitative estimate of drug-likeness (QED) is 0.795. The second-order valence-corrected chi connectivity index (χ2v) is 4.03. The molecule has 0 saturated carbocycles. The van der Waals surface area contributed by atoms with E-state index in [1.807, 2.05) is 13.8 Å². The van der Waals surface area contributed by atoms with Gasteiger partial charge in [-0.2, -0.15) is 0 Å². The predicted molar refractivity (Wildman–Crippen MR) is 70.0 cm³/mol. The smallest absolute Gasteiger partial charge is 0.412 e. The largest absolute Gasteiger partial charge is 0.449 e. The Hall–Kier alpha value is -2.06. The van der Waals surface area contributed by atoms with Crippen LogP contribution in [0.2, 0.25) is 0 Å². The number of hydrogen-bond donors (Lipinski definition) is 2. The van der Waals surface area contributed by atoms with Crippen molar-refractivity contribution >= 4 is 11.9 Å². The molecule has 1 rings (SSSR count). The highest BCUT2D eigenvalue weighted by atomic mass is 16.5. The Morgan fingerprint density at radius 2 is 2.33 bits per heavy atom. The monoisotopic (exact) mass is 247 g/mol. The van der Waals surface area contributed by atoms with Crippen molar-refractivity contribution in [2.75, 3.05) is 18.5 Å². The number of pyridine rings is 1. The van der Waals surface area contributed by atoms with Gasteiger partial charge >= 0.3 is 6.09 Å². The van der Waals surface area contributed by atoms with E-state index >= 15 is 0 Å². The minimum absolute atomic E-state index is 0.274. The van der Waals surface area contributed by atoms with Crippen LogP contribution in [0, 0.1) is 17.8 Å². The minimum atomic E-state index is -0.514. The van der Waals surface area contributed by atoms with Crippen LogP contribution in [-0.4, -0.2) is 24.2 Å². The molecule has 5 heteroatoms. The number of nitrogens with zero attached hydrogens (tertiary/aromatic N) is 1. The maximum absolute atomic E-state index is 11.4. The van der Waals surface area contributed by atoms with Gasteiger partial charge in [0.2, 0.25) is 0 Å². The van der Waals surface area contributed by atoms with E-state index in [1.54, 1.807) is 18.2 Å². The van der Waals surface area contributed by atoms with E-state index in [1.165, 1.54) is 0 Å². The number of rotatable bonds is 3. The summed E-state index contributed by atoms with van der Waals surface area (Å²) in [6.45, 7) is 4.58. The molecular weight excluding hydrogens is 230 g/mol. The van der Waals surface area contributed by atoms with Gasteiger partial charge in [-0.25, -0.2) is 9.78 Å². The third-order valence-corrected chi connectivity index (χ3v) is 1.85. The summed E-state index contributed by atoms with van der Waals surface area (Å²) >= 11 is 0. The molecule has 3 N–H and O–H groups in total. The summed E-state index contributed by atoms with van der Waals surface area (Å²) in [6, 6.07) is 5.17. The van der Waals surface area contributed by atoms with Crippen LogP contribution >= 0.6 is 0 Å². The van der Waals surface area contributed by atoms with Crippen LogP contribution in [0.25, 0.3) is 0 Å². The number of nitrogens with one attached hydrogen (secondary N) is 1. The third-order valence-electron chi connectivity index (χ3n) is 1.85. The number of ether oxygens (including phenoxy) is 1. The normalized spacial score (nSPS) is 9.56. The highest BCUT2D eigenvalue weighted by Gasteiger charge is 2.05. The van der Waals surface area contributed by atoms with Crippen LogP contribution in [-0.2, 0) is 4.74 Å². The van der Waals surface area contributed by atoms with Gasteiger partial charge in [0.1, 0.15) is 11.5 Å². The molecule has 0 atom stereocenters. The fourth-order valence-electron chi connectivity index (χ4n) is 1.10. The fourth-order valence-corrected chi connectivity index (χ4v) is 1.10. The molecule has 1 amide bonds. The number of anilines is 1. The Labute approximate surface area is 107 Å². The Morgan fingerprint density at radius 3 is 3.00 bits per heavy atom. The first kappa shape index (κ1) is 14.0. The SMILES string of the molecule is CC(C)COC(=O)Nc1cccc(C#CCN)n1. The minimum Gasteiger partial charge on any atom is -0.449 e. The van der Waals surface area contributed by atoms with Crippen molar-refractivity contribution in [2.24, 2.45) is 11.7 Å². The topological polar surface area (TPSA) is 77.2 Å². The number of hydrogen-bond acceptors (Lipinski definition) is 4. The summed E-state index contributed by atoms with van der Waals surface area (Å²) in [6.07, 6.45) is -0.514. The Kier molecular flexibility index (Phi) is 5.68. The van der Waals surface area contributed by atoms with Crippen molar-refractivity contribution in [1.82, 2.24) is 4.98 Å².